The summed E-state index contributed by atoms with van der Waals surface area (Å²) >= 11 is 3.53. The highest BCUT2D eigenvalue weighted by Gasteiger charge is 2.18. The van der Waals surface area contributed by atoms with E-state index in [1.165, 1.54) is 5.56 Å². The van der Waals surface area contributed by atoms with Gasteiger partial charge in [0.25, 0.3) is 0 Å². The molecule has 1 saturated heterocycles. The summed E-state index contributed by atoms with van der Waals surface area (Å²) in [7, 11) is 0. The van der Waals surface area contributed by atoms with Crippen LogP contribution in [-0.2, 0) is 13.2 Å². The minimum absolute atomic E-state index is 0.143. The van der Waals surface area contributed by atoms with Gasteiger partial charge in [0.15, 0.2) is 0 Å². The van der Waals surface area contributed by atoms with E-state index in [2.05, 4.69) is 37.9 Å². The number of rotatable bonds is 5. The highest BCUT2D eigenvalue weighted by atomic mass is 79.9. The second kappa shape index (κ2) is 8.10. The number of pyridine rings is 1. The van der Waals surface area contributed by atoms with Gasteiger partial charge in [0, 0.05) is 47.1 Å². The van der Waals surface area contributed by atoms with Gasteiger partial charge in [0.05, 0.1) is 6.10 Å². The summed E-state index contributed by atoms with van der Waals surface area (Å²) in [6.45, 7) is 5.20. The Morgan fingerprint density at radius 3 is 2.75 bits per heavy atom. The third-order valence-corrected chi connectivity index (χ3v) is 4.84. The van der Waals surface area contributed by atoms with Gasteiger partial charge < -0.3 is 9.84 Å². The Morgan fingerprint density at radius 2 is 2.04 bits per heavy atom. The van der Waals surface area contributed by atoms with Gasteiger partial charge in [-0.25, -0.2) is 0 Å². The van der Waals surface area contributed by atoms with Crippen LogP contribution < -0.4 is 4.74 Å². The molecule has 2 aromatic rings. The van der Waals surface area contributed by atoms with Crippen molar-refractivity contribution in [2.24, 2.45) is 0 Å². The Morgan fingerprint density at radius 1 is 1.25 bits per heavy atom. The molecule has 0 atom stereocenters. The monoisotopic (exact) mass is 390 g/mol. The first-order valence-corrected chi connectivity index (χ1v) is 9.12. The highest BCUT2D eigenvalue weighted by Crippen LogP contribution is 2.27. The fraction of sp³-hybridized carbons (Fsp3) is 0.421. The highest BCUT2D eigenvalue weighted by molar-refractivity contribution is 9.10. The van der Waals surface area contributed by atoms with Crippen molar-refractivity contribution in [3.63, 3.8) is 0 Å². The molecule has 0 bridgehead atoms. The summed E-state index contributed by atoms with van der Waals surface area (Å²) in [6, 6.07) is 10.2. The normalized spacial score (nSPS) is 16.3. The van der Waals surface area contributed by atoms with E-state index in [0.29, 0.717) is 6.61 Å². The molecule has 24 heavy (non-hydrogen) atoms. The molecular formula is C19H23BrN2O2. The van der Waals surface area contributed by atoms with Crippen LogP contribution in [0.25, 0.3) is 0 Å². The SMILES string of the molecule is Cc1ccc(COc2cc(Br)ccc2CN2CCC(O)CC2)cn1. The Bertz CT molecular complexity index is 668. The molecular weight excluding hydrogens is 368 g/mol. The van der Waals surface area contributed by atoms with Crippen molar-refractivity contribution in [3.8, 4) is 5.75 Å². The van der Waals surface area contributed by atoms with Crippen LogP contribution in [0.5, 0.6) is 5.75 Å². The van der Waals surface area contributed by atoms with Crippen LogP contribution in [-0.4, -0.2) is 34.2 Å². The first-order chi connectivity index (χ1) is 11.6. The minimum Gasteiger partial charge on any atom is -0.488 e. The third kappa shape index (κ3) is 4.79. The van der Waals surface area contributed by atoms with Gasteiger partial charge in [-0.2, -0.15) is 0 Å². The van der Waals surface area contributed by atoms with Gasteiger partial charge in [-0.1, -0.05) is 28.1 Å². The summed E-state index contributed by atoms with van der Waals surface area (Å²) in [5, 5.41) is 9.65. The molecule has 3 rings (SSSR count). The van der Waals surface area contributed by atoms with Gasteiger partial charge in [-0.05, 0) is 38.0 Å². The van der Waals surface area contributed by atoms with Crippen molar-refractivity contribution in [1.82, 2.24) is 9.88 Å². The number of aromatic nitrogens is 1. The summed E-state index contributed by atoms with van der Waals surface area (Å²) in [5.41, 5.74) is 3.25. The van der Waals surface area contributed by atoms with E-state index in [9.17, 15) is 5.11 Å². The fourth-order valence-corrected chi connectivity index (χ4v) is 3.20. The van der Waals surface area contributed by atoms with Crippen LogP contribution in [0.2, 0.25) is 0 Å². The van der Waals surface area contributed by atoms with Crippen LogP contribution in [0.4, 0.5) is 0 Å². The Kier molecular flexibility index (Phi) is 5.87. The van der Waals surface area contributed by atoms with Crippen molar-refractivity contribution >= 4 is 15.9 Å². The van der Waals surface area contributed by atoms with Crippen LogP contribution in [0.1, 0.15) is 29.7 Å². The molecule has 5 heteroatoms. The van der Waals surface area contributed by atoms with Crippen molar-refractivity contribution in [3.05, 3.63) is 57.8 Å². The summed E-state index contributed by atoms with van der Waals surface area (Å²) in [4.78, 5) is 6.68. The molecule has 0 saturated carbocycles. The van der Waals surface area contributed by atoms with Gasteiger partial charge in [0.1, 0.15) is 12.4 Å². The van der Waals surface area contributed by atoms with Gasteiger partial charge in [0.2, 0.25) is 0 Å². The smallest absolute Gasteiger partial charge is 0.125 e. The average Bonchev–Trinajstić information content (AvgIpc) is 2.58. The number of hydrogen-bond donors (Lipinski definition) is 1. The number of halogens is 1. The van der Waals surface area contributed by atoms with Crippen molar-refractivity contribution in [1.29, 1.82) is 0 Å². The molecule has 0 unspecified atom stereocenters. The Balaban J connectivity index is 1.67. The zero-order chi connectivity index (χ0) is 16.9. The summed E-state index contributed by atoms with van der Waals surface area (Å²) < 4.78 is 7.07. The Hall–Kier alpha value is -1.43. The van der Waals surface area contributed by atoms with Crippen LogP contribution in [0, 0.1) is 6.92 Å². The van der Waals surface area contributed by atoms with Crippen LogP contribution in [0.15, 0.2) is 41.0 Å². The van der Waals surface area contributed by atoms with Gasteiger partial charge in [-0.3, -0.25) is 9.88 Å². The largest absolute Gasteiger partial charge is 0.488 e. The predicted molar refractivity (Wildman–Crippen MR) is 98.0 cm³/mol. The van der Waals surface area contributed by atoms with E-state index in [1.807, 2.05) is 31.3 Å². The average molecular weight is 391 g/mol. The van der Waals surface area contributed by atoms with Crippen molar-refractivity contribution < 1.29 is 9.84 Å². The molecule has 1 fully saturated rings. The van der Waals surface area contributed by atoms with E-state index in [1.54, 1.807) is 0 Å². The quantitative estimate of drug-likeness (QED) is 0.845. The fourth-order valence-electron chi connectivity index (χ4n) is 2.86. The molecule has 0 amide bonds. The van der Waals surface area contributed by atoms with E-state index < -0.39 is 0 Å². The molecule has 4 nitrogen and oxygen atoms in total. The first kappa shape index (κ1) is 17.4. The van der Waals surface area contributed by atoms with Crippen LogP contribution >= 0.6 is 15.9 Å². The van der Waals surface area contributed by atoms with Crippen LogP contribution in [0.3, 0.4) is 0 Å². The number of nitrogens with zero attached hydrogens (tertiary/aromatic N) is 2. The molecule has 0 spiro atoms. The maximum atomic E-state index is 9.65. The van der Waals surface area contributed by atoms with Gasteiger partial charge >= 0.3 is 0 Å². The lowest BCUT2D eigenvalue weighted by Crippen LogP contribution is -2.35. The molecule has 1 N–H and O–H groups in total. The van der Waals surface area contributed by atoms with Crippen molar-refractivity contribution in [2.45, 2.75) is 39.0 Å². The van der Waals surface area contributed by atoms with Gasteiger partial charge in [-0.15, -0.1) is 0 Å². The number of likely N-dealkylation sites (tertiary alicyclic amines) is 1. The molecule has 1 aromatic carbocycles. The number of aryl methyl sites for hydroxylation is 1. The lowest BCUT2D eigenvalue weighted by molar-refractivity contribution is 0.0787. The Labute approximate surface area is 151 Å². The first-order valence-electron chi connectivity index (χ1n) is 8.33. The number of aliphatic hydroxyl groups is 1. The molecule has 1 aliphatic rings. The summed E-state index contributed by atoms with van der Waals surface area (Å²) in [6.07, 6.45) is 3.42. The zero-order valence-electron chi connectivity index (χ0n) is 13.9. The number of benzene rings is 1. The third-order valence-electron chi connectivity index (χ3n) is 4.35. The molecule has 0 radical (unpaired) electrons. The molecule has 1 aliphatic heterocycles. The van der Waals surface area contributed by atoms with E-state index in [-0.39, 0.29) is 6.10 Å². The second-order valence-electron chi connectivity index (χ2n) is 6.36. The zero-order valence-corrected chi connectivity index (χ0v) is 15.5. The topological polar surface area (TPSA) is 45.6 Å². The van der Waals surface area contributed by atoms with Crippen molar-refractivity contribution in [2.75, 3.05) is 13.1 Å². The predicted octanol–water partition coefficient (Wildman–Crippen LogP) is 3.69. The maximum absolute atomic E-state index is 9.65. The molecule has 1 aromatic heterocycles. The van der Waals surface area contributed by atoms with E-state index in [4.69, 9.17) is 4.74 Å². The maximum Gasteiger partial charge on any atom is 0.125 e. The lowest BCUT2D eigenvalue weighted by Gasteiger charge is -2.30. The number of piperidine rings is 1. The minimum atomic E-state index is -0.143. The lowest BCUT2D eigenvalue weighted by atomic mass is 10.1. The number of hydrogen-bond acceptors (Lipinski definition) is 4. The van der Waals surface area contributed by atoms with E-state index >= 15 is 0 Å². The molecule has 128 valence electrons. The van der Waals surface area contributed by atoms with E-state index in [0.717, 1.165) is 54.0 Å². The number of ether oxygens (including phenoxy) is 1. The number of aliphatic hydroxyl groups excluding tert-OH is 1. The standard InChI is InChI=1S/C19H23BrN2O2/c1-14-2-3-15(11-21-14)13-24-19-10-17(20)5-4-16(19)12-22-8-6-18(23)7-9-22/h2-5,10-11,18,23H,6-9,12-13H2,1H3. The second-order valence-corrected chi connectivity index (χ2v) is 7.27. The molecule has 0 aliphatic carbocycles. The molecule has 2 heterocycles. The summed E-state index contributed by atoms with van der Waals surface area (Å²) in [5.74, 6) is 0.899.